The van der Waals surface area contributed by atoms with E-state index in [1.165, 1.54) is 24.3 Å². The van der Waals surface area contributed by atoms with Gasteiger partial charge in [0, 0.05) is 40.7 Å². The number of hydrogen-bond donors (Lipinski definition) is 2. The zero-order chi connectivity index (χ0) is 16.6. The van der Waals surface area contributed by atoms with Gasteiger partial charge in [-0.2, -0.15) is 0 Å². The Morgan fingerprint density at radius 3 is 1.61 bits per heavy atom. The third kappa shape index (κ3) is 3.40. The lowest BCUT2D eigenvalue weighted by Crippen LogP contribution is -2.04. The summed E-state index contributed by atoms with van der Waals surface area (Å²) in [5, 5.41) is 0.467. The van der Waals surface area contributed by atoms with Crippen LogP contribution in [0.1, 0.15) is 11.4 Å². The minimum atomic E-state index is -0.108. The molecule has 0 atom stereocenters. The van der Waals surface area contributed by atoms with Crippen molar-refractivity contribution in [3.05, 3.63) is 73.3 Å². The van der Waals surface area contributed by atoms with Gasteiger partial charge in [-0.3, -0.25) is 9.59 Å². The van der Waals surface area contributed by atoms with Crippen molar-refractivity contribution in [2.75, 3.05) is 0 Å². The lowest BCUT2D eigenvalue weighted by atomic mass is 10.2. The average molecular weight is 328 g/mol. The Labute approximate surface area is 137 Å². The van der Waals surface area contributed by atoms with Crippen LogP contribution in [0.3, 0.4) is 0 Å². The maximum absolute atomic E-state index is 11.7. The highest BCUT2D eigenvalue weighted by atomic mass is 35.5. The predicted molar refractivity (Wildman–Crippen MR) is 90.8 cm³/mol. The van der Waals surface area contributed by atoms with E-state index < -0.39 is 0 Å². The predicted octanol–water partition coefficient (Wildman–Crippen LogP) is 3.06. The molecular formula is C17H14ClN3O2. The lowest BCUT2D eigenvalue weighted by Gasteiger charge is -2.08. The molecule has 0 aromatic carbocycles. The molecule has 0 bridgehead atoms. The summed E-state index contributed by atoms with van der Waals surface area (Å²) in [6.45, 7) is 3.60. The van der Waals surface area contributed by atoms with Crippen molar-refractivity contribution in [1.29, 1.82) is 0 Å². The molecule has 0 aliphatic carbocycles. The van der Waals surface area contributed by atoms with E-state index in [4.69, 9.17) is 11.6 Å². The van der Waals surface area contributed by atoms with Gasteiger partial charge in [0.2, 0.25) is 0 Å². The van der Waals surface area contributed by atoms with Crippen molar-refractivity contribution < 1.29 is 0 Å². The van der Waals surface area contributed by atoms with E-state index in [0.717, 1.165) is 11.4 Å². The van der Waals surface area contributed by atoms with Crippen LogP contribution in [0.25, 0.3) is 22.8 Å². The molecule has 2 N–H and O–H groups in total. The van der Waals surface area contributed by atoms with Crippen molar-refractivity contribution >= 4 is 11.6 Å². The Hall–Kier alpha value is -2.66. The number of aromatic nitrogens is 3. The van der Waals surface area contributed by atoms with Gasteiger partial charge < -0.3 is 9.97 Å². The van der Waals surface area contributed by atoms with E-state index in [2.05, 4.69) is 15.0 Å². The van der Waals surface area contributed by atoms with E-state index in [1.807, 2.05) is 0 Å². The maximum Gasteiger partial charge on any atom is 0.182 e. The minimum absolute atomic E-state index is 0.108. The number of halogens is 1. The summed E-state index contributed by atoms with van der Waals surface area (Å²) in [7, 11) is 0. The Morgan fingerprint density at radius 1 is 0.783 bits per heavy atom. The fourth-order valence-corrected chi connectivity index (χ4v) is 2.62. The van der Waals surface area contributed by atoms with Crippen LogP contribution in [0.5, 0.6) is 0 Å². The van der Waals surface area contributed by atoms with Gasteiger partial charge in [0.25, 0.3) is 0 Å². The van der Waals surface area contributed by atoms with Crippen LogP contribution in [0.2, 0.25) is 5.02 Å². The first-order valence-electron chi connectivity index (χ1n) is 7.01. The number of H-pyrrole nitrogens is 2. The van der Waals surface area contributed by atoms with E-state index in [0.29, 0.717) is 27.8 Å². The van der Waals surface area contributed by atoms with Gasteiger partial charge >= 0.3 is 0 Å². The molecule has 0 unspecified atom stereocenters. The zero-order valence-electron chi connectivity index (χ0n) is 12.6. The second-order valence-electron chi connectivity index (χ2n) is 5.38. The Morgan fingerprint density at radius 2 is 1.22 bits per heavy atom. The number of aryl methyl sites for hydroxylation is 2. The van der Waals surface area contributed by atoms with Crippen LogP contribution in [0.4, 0.5) is 0 Å². The van der Waals surface area contributed by atoms with Crippen molar-refractivity contribution in [2.24, 2.45) is 0 Å². The molecule has 3 heterocycles. The zero-order valence-corrected chi connectivity index (χ0v) is 13.4. The molecule has 0 fully saturated rings. The van der Waals surface area contributed by atoms with Gasteiger partial charge in [-0.25, -0.2) is 4.98 Å². The molecule has 0 saturated heterocycles. The highest BCUT2D eigenvalue weighted by Gasteiger charge is 2.09. The first-order chi connectivity index (χ1) is 10.9. The average Bonchev–Trinajstić information content (AvgIpc) is 2.44. The van der Waals surface area contributed by atoms with Crippen LogP contribution >= 0.6 is 11.6 Å². The summed E-state index contributed by atoms with van der Waals surface area (Å²) in [6, 6.07) is 9.29. The van der Waals surface area contributed by atoms with E-state index in [1.54, 1.807) is 26.0 Å². The molecule has 23 heavy (non-hydrogen) atoms. The topological polar surface area (TPSA) is 78.6 Å². The molecule has 6 heteroatoms. The fraction of sp³-hybridized carbons (Fsp3) is 0.118. The van der Waals surface area contributed by atoms with Crippen molar-refractivity contribution in [1.82, 2.24) is 15.0 Å². The molecule has 3 aromatic heterocycles. The van der Waals surface area contributed by atoms with Crippen LogP contribution in [-0.4, -0.2) is 15.0 Å². The molecule has 3 rings (SSSR count). The molecule has 3 aromatic rings. The van der Waals surface area contributed by atoms with Gasteiger partial charge in [0.15, 0.2) is 10.9 Å². The molecule has 0 saturated carbocycles. The number of nitrogens with zero attached hydrogens (tertiary/aromatic N) is 1. The van der Waals surface area contributed by atoms with Crippen LogP contribution < -0.4 is 10.9 Å². The Kier molecular flexibility index (Phi) is 3.88. The van der Waals surface area contributed by atoms with Gasteiger partial charge in [-0.05, 0) is 26.0 Å². The monoisotopic (exact) mass is 327 g/mol. The van der Waals surface area contributed by atoms with E-state index in [9.17, 15) is 9.59 Å². The normalized spacial score (nSPS) is 10.7. The Balaban J connectivity index is 2.19. The minimum Gasteiger partial charge on any atom is -0.357 e. The molecule has 0 amide bonds. The van der Waals surface area contributed by atoms with Gasteiger partial charge in [0.05, 0.1) is 22.8 Å². The smallest absolute Gasteiger partial charge is 0.182 e. The summed E-state index contributed by atoms with van der Waals surface area (Å²) in [5.41, 5.74) is 3.49. The summed E-state index contributed by atoms with van der Waals surface area (Å²) in [4.78, 5) is 34.1. The molecular weight excluding hydrogens is 314 g/mol. The summed E-state index contributed by atoms with van der Waals surface area (Å²) in [5.74, 6) is 0. The SMILES string of the molecule is Cc1cc(=O)cc(-c2cc(Cl)cc(-c3cc(=O)cc(C)[nH]3)n2)[nH]1. The summed E-state index contributed by atoms with van der Waals surface area (Å²) in [6.07, 6.45) is 0. The fourth-order valence-electron chi connectivity index (χ4n) is 2.41. The third-order valence-corrected chi connectivity index (χ3v) is 3.51. The number of pyridine rings is 3. The summed E-state index contributed by atoms with van der Waals surface area (Å²) < 4.78 is 0. The van der Waals surface area contributed by atoms with Crippen LogP contribution in [0, 0.1) is 13.8 Å². The Bertz CT molecular complexity index is 927. The highest BCUT2D eigenvalue weighted by Crippen LogP contribution is 2.24. The second-order valence-corrected chi connectivity index (χ2v) is 5.82. The maximum atomic E-state index is 11.7. The number of aromatic amines is 2. The molecule has 116 valence electrons. The first-order valence-corrected chi connectivity index (χ1v) is 7.39. The second kappa shape index (κ2) is 5.85. The first kappa shape index (κ1) is 15.2. The third-order valence-electron chi connectivity index (χ3n) is 3.30. The molecule has 0 aliphatic rings. The van der Waals surface area contributed by atoms with Crippen molar-refractivity contribution in [3.8, 4) is 22.8 Å². The van der Waals surface area contributed by atoms with E-state index >= 15 is 0 Å². The number of rotatable bonds is 2. The standard InChI is InChI=1S/C17H14ClN3O2/c1-9-3-12(22)7-16(19-9)14-5-11(18)6-15(21-14)17-8-13(23)4-10(2)20-17/h3-8H,1-2H3,(H,19,22)(H,20,23). The largest absolute Gasteiger partial charge is 0.357 e. The van der Waals surface area contributed by atoms with Crippen molar-refractivity contribution in [2.45, 2.75) is 13.8 Å². The highest BCUT2D eigenvalue weighted by molar-refractivity contribution is 6.31. The number of hydrogen-bond acceptors (Lipinski definition) is 3. The quantitative estimate of drug-likeness (QED) is 0.759. The molecule has 0 aliphatic heterocycles. The molecule has 0 radical (unpaired) electrons. The molecule has 0 spiro atoms. The van der Waals surface area contributed by atoms with E-state index in [-0.39, 0.29) is 10.9 Å². The lowest BCUT2D eigenvalue weighted by molar-refractivity contribution is 1.14. The van der Waals surface area contributed by atoms with Crippen LogP contribution in [0.15, 0.2) is 46.0 Å². The number of nitrogens with one attached hydrogen (secondary N) is 2. The van der Waals surface area contributed by atoms with Gasteiger partial charge in [0.1, 0.15) is 0 Å². The van der Waals surface area contributed by atoms with Crippen LogP contribution in [-0.2, 0) is 0 Å². The van der Waals surface area contributed by atoms with Crippen molar-refractivity contribution in [3.63, 3.8) is 0 Å². The van der Waals surface area contributed by atoms with Gasteiger partial charge in [-0.15, -0.1) is 0 Å². The summed E-state index contributed by atoms with van der Waals surface area (Å²) >= 11 is 6.18. The van der Waals surface area contributed by atoms with Gasteiger partial charge in [-0.1, -0.05) is 11.6 Å². The molecule has 5 nitrogen and oxygen atoms in total.